The average molecular weight is 314 g/mol. The lowest BCUT2D eigenvalue weighted by atomic mass is 10.0. The summed E-state index contributed by atoms with van der Waals surface area (Å²) in [6.45, 7) is 8.02. The van der Waals surface area contributed by atoms with Crippen molar-refractivity contribution in [1.82, 2.24) is 5.32 Å². The van der Waals surface area contributed by atoms with Crippen molar-refractivity contribution in [1.29, 1.82) is 0 Å². The van der Waals surface area contributed by atoms with E-state index in [9.17, 15) is 5.11 Å². The summed E-state index contributed by atoms with van der Waals surface area (Å²) in [6.07, 6.45) is 1.85. The van der Waals surface area contributed by atoms with Crippen molar-refractivity contribution < 1.29 is 9.84 Å². The number of hydrogen-bond acceptors (Lipinski definition) is 3. The molecule has 2 N–H and O–H groups in total. The summed E-state index contributed by atoms with van der Waals surface area (Å²) in [7, 11) is 0. The van der Waals surface area contributed by atoms with Gasteiger partial charge in [-0.3, -0.25) is 0 Å². The molecule has 3 atom stereocenters. The summed E-state index contributed by atoms with van der Waals surface area (Å²) in [5.74, 6) is 0.714. The number of halogens is 1. The van der Waals surface area contributed by atoms with Crippen LogP contribution in [-0.2, 0) is 11.3 Å². The normalized spacial score (nSPS) is 15.7. The molecule has 1 aromatic carbocycles. The van der Waals surface area contributed by atoms with Gasteiger partial charge in [0.2, 0.25) is 0 Å². The zero-order valence-electron chi connectivity index (χ0n) is 13.3. The van der Waals surface area contributed by atoms with E-state index in [-0.39, 0.29) is 0 Å². The first kappa shape index (κ1) is 18.4. The van der Waals surface area contributed by atoms with Crippen LogP contribution in [0.5, 0.6) is 0 Å². The number of aliphatic hydroxyl groups is 1. The van der Waals surface area contributed by atoms with Gasteiger partial charge < -0.3 is 15.2 Å². The SMILES string of the molecule is CCC(C)CC(C)NCC(O)COCc1ccc(Cl)cc1. The van der Waals surface area contributed by atoms with Gasteiger partial charge in [0.25, 0.3) is 0 Å². The molecular formula is C17H28ClNO2. The summed E-state index contributed by atoms with van der Waals surface area (Å²) < 4.78 is 5.52. The molecule has 0 heterocycles. The van der Waals surface area contributed by atoms with Gasteiger partial charge >= 0.3 is 0 Å². The van der Waals surface area contributed by atoms with Crippen molar-refractivity contribution >= 4 is 11.6 Å². The first-order valence-electron chi connectivity index (χ1n) is 7.74. The van der Waals surface area contributed by atoms with E-state index in [0.717, 1.165) is 17.0 Å². The van der Waals surface area contributed by atoms with E-state index in [0.29, 0.717) is 31.7 Å². The number of aliphatic hydroxyl groups excluding tert-OH is 1. The molecule has 21 heavy (non-hydrogen) atoms. The first-order chi connectivity index (χ1) is 10.0. The Hall–Kier alpha value is -0.610. The van der Waals surface area contributed by atoms with Crippen LogP contribution in [0.15, 0.2) is 24.3 Å². The smallest absolute Gasteiger partial charge is 0.0897 e. The fourth-order valence-electron chi connectivity index (χ4n) is 2.14. The van der Waals surface area contributed by atoms with Crippen molar-refractivity contribution in [2.24, 2.45) is 5.92 Å². The molecule has 3 unspecified atom stereocenters. The largest absolute Gasteiger partial charge is 0.389 e. The third-order valence-corrected chi connectivity index (χ3v) is 3.90. The molecule has 4 heteroatoms. The van der Waals surface area contributed by atoms with Crippen LogP contribution >= 0.6 is 11.6 Å². The third kappa shape index (κ3) is 8.42. The summed E-state index contributed by atoms with van der Waals surface area (Å²) in [5.41, 5.74) is 1.06. The van der Waals surface area contributed by atoms with Gasteiger partial charge in [0.1, 0.15) is 0 Å². The van der Waals surface area contributed by atoms with Crippen molar-refractivity contribution in [3.05, 3.63) is 34.9 Å². The Labute approximate surface area is 133 Å². The second-order valence-corrected chi connectivity index (χ2v) is 6.29. The third-order valence-electron chi connectivity index (χ3n) is 3.65. The molecule has 1 aromatic rings. The second kappa shape index (κ2) is 10.2. The molecule has 0 amide bonds. The monoisotopic (exact) mass is 313 g/mol. The Morgan fingerprint density at radius 1 is 1.24 bits per heavy atom. The van der Waals surface area contributed by atoms with Crippen LogP contribution in [0.2, 0.25) is 5.02 Å². The van der Waals surface area contributed by atoms with Crippen molar-refractivity contribution in [2.45, 2.75) is 52.4 Å². The van der Waals surface area contributed by atoms with Gasteiger partial charge in [0, 0.05) is 17.6 Å². The molecule has 0 radical (unpaired) electrons. The molecule has 0 saturated heterocycles. The molecule has 0 fully saturated rings. The lowest BCUT2D eigenvalue weighted by Crippen LogP contribution is -2.36. The quantitative estimate of drug-likeness (QED) is 0.693. The number of ether oxygens (including phenoxy) is 1. The highest BCUT2D eigenvalue weighted by atomic mass is 35.5. The highest BCUT2D eigenvalue weighted by molar-refractivity contribution is 6.30. The maximum absolute atomic E-state index is 9.90. The minimum atomic E-state index is -0.475. The molecule has 1 rings (SSSR count). The van der Waals surface area contributed by atoms with Crippen molar-refractivity contribution in [3.63, 3.8) is 0 Å². The highest BCUT2D eigenvalue weighted by Crippen LogP contribution is 2.11. The summed E-state index contributed by atoms with van der Waals surface area (Å²) in [4.78, 5) is 0. The summed E-state index contributed by atoms with van der Waals surface area (Å²) in [5, 5.41) is 14.0. The van der Waals surface area contributed by atoms with E-state index < -0.39 is 6.10 Å². The molecule has 0 aliphatic carbocycles. The van der Waals surface area contributed by atoms with Gasteiger partial charge in [-0.15, -0.1) is 0 Å². The standard InChI is InChI=1S/C17H28ClNO2/c1-4-13(2)9-14(3)19-10-17(20)12-21-11-15-5-7-16(18)8-6-15/h5-8,13-14,17,19-20H,4,9-12H2,1-3H3. The van der Waals surface area contributed by atoms with Gasteiger partial charge in [0.05, 0.1) is 19.3 Å². The number of hydrogen-bond donors (Lipinski definition) is 2. The minimum absolute atomic E-state index is 0.339. The Kier molecular flexibility index (Phi) is 8.93. The lowest BCUT2D eigenvalue weighted by molar-refractivity contribution is 0.0275. The number of rotatable bonds is 10. The van der Waals surface area contributed by atoms with E-state index in [2.05, 4.69) is 26.1 Å². The topological polar surface area (TPSA) is 41.5 Å². The first-order valence-corrected chi connectivity index (χ1v) is 8.12. The Morgan fingerprint density at radius 2 is 1.90 bits per heavy atom. The maximum Gasteiger partial charge on any atom is 0.0897 e. The minimum Gasteiger partial charge on any atom is -0.389 e. The molecule has 0 aromatic heterocycles. The van der Waals surface area contributed by atoms with E-state index in [1.54, 1.807) is 0 Å². The maximum atomic E-state index is 9.90. The van der Waals surface area contributed by atoms with E-state index >= 15 is 0 Å². The van der Waals surface area contributed by atoms with Crippen LogP contribution in [-0.4, -0.2) is 30.4 Å². The zero-order chi connectivity index (χ0) is 15.7. The fraction of sp³-hybridized carbons (Fsp3) is 0.647. The van der Waals surface area contributed by atoms with E-state index in [4.69, 9.17) is 16.3 Å². The number of nitrogens with one attached hydrogen (secondary N) is 1. The summed E-state index contributed by atoms with van der Waals surface area (Å²) in [6, 6.07) is 7.97. The van der Waals surface area contributed by atoms with E-state index in [1.165, 1.54) is 6.42 Å². The van der Waals surface area contributed by atoms with Crippen LogP contribution in [0.4, 0.5) is 0 Å². The van der Waals surface area contributed by atoms with E-state index in [1.807, 2.05) is 24.3 Å². The highest BCUT2D eigenvalue weighted by Gasteiger charge is 2.10. The van der Waals surface area contributed by atoms with Gasteiger partial charge in [-0.2, -0.15) is 0 Å². The van der Waals surface area contributed by atoms with Crippen LogP contribution in [0.1, 0.15) is 39.2 Å². The zero-order valence-corrected chi connectivity index (χ0v) is 14.1. The average Bonchev–Trinajstić information content (AvgIpc) is 2.47. The summed E-state index contributed by atoms with van der Waals surface area (Å²) >= 11 is 5.82. The fourth-order valence-corrected chi connectivity index (χ4v) is 2.27. The molecular weight excluding hydrogens is 286 g/mol. The van der Waals surface area contributed by atoms with Gasteiger partial charge in [-0.25, -0.2) is 0 Å². The number of benzene rings is 1. The molecule has 0 aliphatic heterocycles. The van der Waals surface area contributed by atoms with Crippen LogP contribution in [0, 0.1) is 5.92 Å². The molecule has 3 nitrogen and oxygen atoms in total. The van der Waals surface area contributed by atoms with Gasteiger partial charge in [-0.05, 0) is 37.0 Å². The predicted octanol–water partition coefficient (Wildman–Crippen LogP) is 3.63. The Balaban J connectivity index is 2.13. The second-order valence-electron chi connectivity index (χ2n) is 5.85. The molecule has 0 spiro atoms. The molecule has 0 aliphatic rings. The Bertz CT molecular complexity index is 383. The van der Waals surface area contributed by atoms with Crippen molar-refractivity contribution in [2.75, 3.05) is 13.2 Å². The lowest BCUT2D eigenvalue weighted by Gasteiger charge is -2.19. The van der Waals surface area contributed by atoms with Crippen LogP contribution in [0.3, 0.4) is 0 Å². The van der Waals surface area contributed by atoms with Gasteiger partial charge in [-0.1, -0.05) is 44.0 Å². The molecule has 0 bridgehead atoms. The van der Waals surface area contributed by atoms with Crippen molar-refractivity contribution in [3.8, 4) is 0 Å². The Morgan fingerprint density at radius 3 is 2.52 bits per heavy atom. The molecule has 120 valence electrons. The predicted molar refractivity (Wildman–Crippen MR) is 88.7 cm³/mol. The van der Waals surface area contributed by atoms with Gasteiger partial charge in [0.15, 0.2) is 0 Å². The van der Waals surface area contributed by atoms with Crippen LogP contribution in [0.25, 0.3) is 0 Å². The molecule has 0 saturated carbocycles. The van der Waals surface area contributed by atoms with Crippen LogP contribution < -0.4 is 5.32 Å².